The van der Waals surface area contributed by atoms with Gasteiger partial charge in [-0.25, -0.2) is 14.1 Å². The third-order valence-electron chi connectivity index (χ3n) is 7.19. The lowest BCUT2D eigenvalue weighted by molar-refractivity contribution is -0.178. The van der Waals surface area contributed by atoms with Gasteiger partial charge in [-0.2, -0.15) is 13.1 Å². The molecule has 1 aliphatic carbocycles. The molecule has 0 spiro atoms. The maximum absolute atomic E-state index is 13.2. The van der Waals surface area contributed by atoms with Crippen molar-refractivity contribution in [3.8, 4) is 5.75 Å². The van der Waals surface area contributed by atoms with Crippen LogP contribution in [0.1, 0.15) is 43.5 Å². The van der Waals surface area contributed by atoms with Crippen LogP contribution in [0.3, 0.4) is 0 Å². The minimum absolute atomic E-state index is 0.0117. The first-order valence-electron chi connectivity index (χ1n) is 13.5. The number of carbonyl (C=O) groups is 5. The lowest BCUT2D eigenvalue weighted by atomic mass is 9.80. The number of oxime groups is 1. The molecule has 2 aromatic rings. The van der Waals surface area contributed by atoms with E-state index >= 15 is 0 Å². The summed E-state index contributed by atoms with van der Waals surface area (Å²) in [4.78, 5) is 82.8. The highest BCUT2D eigenvalue weighted by Gasteiger charge is 2.54. The molecule has 23 heteroatoms. The minimum Gasteiger partial charge on any atom is -0.503 e. The summed E-state index contributed by atoms with van der Waals surface area (Å²) >= 11 is 0.911. The number of rotatable bonds is 14. The maximum atomic E-state index is 13.2. The molecule has 21 nitrogen and oxygen atoms in total. The van der Waals surface area contributed by atoms with Gasteiger partial charge in [0.05, 0.1) is 24.5 Å². The summed E-state index contributed by atoms with van der Waals surface area (Å²) in [6, 6.07) is -2.28. The van der Waals surface area contributed by atoms with Crippen LogP contribution >= 0.6 is 11.3 Å². The molecule has 0 bridgehead atoms. The van der Waals surface area contributed by atoms with Gasteiger partial charge in [-0.3, -0.25) is 28.5 Å². The largest absolute Gasteiger partial charge is 0.503 e. The number of hydrogen-bond donors (Lipinski definition) is 8. The summed E-state index contributed by atoms with van der Waals surface area (Å²) < 4.78 is 33.7. The van der Waals surface area contributed by atoms with E-state index in [4.69, 9.17) is 10.6 Å². The number of nitrogen functional groups attached to an aromatic ring is 1. The number of carboxylic acid groups (broad SMARTS) is 1. The van der Waals surface area contributed by atoms with Gasteiger partial charge in [0.1, 0.15) is 11.7 Å². The van der Waals surface area contributed by atoms with E-state index in [1.54, 1.807) is 0 Å². The lowest BCUT2D eigenvalue weighted by Crippen LogP contribution is -2.74. The Labute approximate surface area is 267 Å². The molecule has 2 aromatic heterocycles. The van der Waals surface area contributed by atoms with E-state index in [0.717, 1.165) is 23.6 Å². The van der Waals surface area contributed by atoms with Crippen LogP contribution in [-0.2, 0) is 45.7 Å². The maximum Gasteiger partial charge on any atom is 0.362 e. The van der Waals surface area contributed by atoms with Gasteiger partial charge in [0.15, 0.2) is 16.6 Å². The Hall–Kier alpha value is -5.29. The number of aromatic hydroxyl groups is 1. The van der Waals surface area contributed by atoms with Gasteiger partial charge in [-0.15, -0.1) is 11.3 Å². The highest BCUT2D eigenvalue weighted by Crippen LogP contribution is 2.36. The Morgan fingerprint density at radius 2 is 1.83 bits per heavy atom. The number of hydrogen-bond acceptors (Lipinski definition) is 15. The van der Waals surface area contributed by atoms with Crippen molar-refractivity contribution < 1.29 is 57.2 Å². The van der Waals surface area contributed by atoms with E-state index < -0.39 is 93.9 Å². The number of β-lactam (4-membered cyclic amide) rings is 1. The lowest BCUT2D eigenvalue weighted by Gasteiger charge is -2.44. The summed E-state index contributed by atoms with van der Waals surface area (Å²) in [5.74, 6) is -5.92. The second-order valence-corrected chi connectivity index (χ2v) is 12.5. The third kappa shape index (κ3) is 7.75. The zero-order valence-electron chi connectivity index (χ0n) is 24.0. The van der Waals surface area contributed by atoms with Gasteiger partial charge >= 0.3 is 16.3 Å². The Bertz CT molecular complexity index is 1800. The van der Waals surface area contributed by atoms with Crippen LogP contribution in [0.4, 0.5) is 5.13 Å². The zero-order chi connectivity index (χ0) is 34.7. The fourth-order valence-electron chi connectivity index (χ4n) is 4.44. The molecule has 4 amide bonds. The molecule has 4 rings (SSSR count). The molecular formula is C24H28N8O13S2. The zero-order valence-corrected chi connectivity index (χ0v) is 25.6. The monoisotopic (exact) mass is 700 g/mol. The fraction of sp³-hybridized carbons (Fsp3) is 0.417. The van der Waals surface area contributed by atoms with Gasteiger partial charge < -0.3 is 41.9 Å². The molecule has 0 aromatic carbocycles. The Kier molecular flexibility index (Phi) is 10.0. The van der Waals surface area contributed by atoms with Crippen molar-refractivity contribution in [3.63, 3.8) is 0 Å². The predicted octanol–water partition coefficient (Wildman–Crippen LogP) is -2.73. The summed E-state index contributed by atoms with van der Waals surface area (Å²) in [5, 5.41) is 40.4. The first-order valence-corrected chi connectivity index (χ1v) is 15.8. The molecule has 1 aliphatic heterocycles. The van der Waals surface area contributed by atoms with Crippen LogP contribution in [0.5, 0.6) is 5.75 Å². The molecule has 254 valence electrons. The standard InChI is InChI=1S/C24H28N8O13S2/c25-23-28-12(10-46-23)18(30-45-24(22(39)40)4-1-5-24)20(37)29-19-13(32(21(19)38)47(42,43)44)8-27-17(36)3-2-16(35)26-7-11-6-14(33)15(34)9-31(11)41/h6,9-10,13,19,34,41H,1-5,7-8H2,(H2,25,28)(H,26,35)(H,27,36)(H,29,37)(H,39,40)(H,42,43,44)/b30-18-/t13-,19+/m1/s1. The molecule has 2 fully saturated rings. The number of aromatic nitrogens is 2. The van der Waals surface area contributed by atoms with Crippen molar-refractivity contribution in [1.29, 1.82) is 0 Å². The summed E-state index contributed by atoms with van der Waals surface area (Å²) in [6.07, 6.45) is 0.629. The van der Waals surface area contributed by atoms with E-state index in [1.807, 2.05) is 0 Å². The van der Waals surface area contributed by atoms with Crippen molar-refractivity contribution in [2.75, 3.05) is 12.3 Å². The molecule has 3 heterocycles. The number of thiazole rings is 1. The average molecular weight is 701 g/mol. The van der Waals surface area contributed by atoms with E-state index in [1.165, 1.54) is 5.38 Å². The van der Waals surface area contributed by atoms with Crippen molar-refractivity contribution in [1.82, 2.24) is 30.0 Å². The van der Waals surface area contributed by atoms with Crippen LogP contribution in [0.2, 0.25) is 0 Å². The van der Waals surface area contributed by atoms with Gasteiger partial charge in [0.2, 0.25) is 22.8 Å². The number of nitrogens with two attached hydrogens (primary N) is 1. The van der Waals surface area contributed by atoms with Gasteiger partial charge in [-0.05, 0) is 6.42 Å². The Morgan fingerprint density at radius 3 is 2.38 bits per heavy atom. The number of nitrogens with zero attached hydrogens (tertiary/aromatic N) is 4. The first-order chi connectivity index (χ1) is 22.0. The van der Waals surface area contributed by atoms with E-state index in [0.29, 0.717) is 11.2 Å². The number of carbonyl (C=O) groups excluding carboxylic acids is 4. The average Bonchev–Trinajstić information content (AvgIpc) is 3.39. The molecule has 2 atom stereocenters. The van der Waals surface area contributed by atoms with Crippen molar-refractivity contribution in [3.05, 3.63) is 39.3 Å². The second kappa shape index (κ2) is 13.6. The van der Waals surface area contributed by atoms with E-state index in [2.05, 4.69) is 26.1 Å². The topological polar surface area (TPSA) is 322 Å². The molecule has 0 unspecified atom stereocenters. The van der Waals surface area contributed by atoms with E-state index in [9.17, 15) is 57.2 Å². The highest BCUT2D eigenvalue weighted by atomic mass is 32.2. The Morgan fingerprint density at radius 1 is 1.17 bits per heavy atom. The summed E-state index contributed by atoms with van der Waals surface area (Å²) in [7, 11) is -5.14. The van der Waals surface area contributed by atoms with Gasteiger partial charge in [0, 0.05) is 43.7 Å². The molecule has 1 saturated heterocycles. The summed E-state index contributed by atoms with van der Waals surface area (Å²) in [5.41, 5.74) is 2.37. The molecular weight excluding hydrogens is 672 g/mol. The second-order valence-electron chi connectivity index (χ2n) is 10.3. The molecule has 9 N–H and O–H groups in total. The number of anilines is 1. The van der Waals surface area contributed by atoms with Crippen molar-refractivity contribution in [2.24, 2.45) is 5.16 Å². The minimum atomic E-state index is -5.14. The van der Waals surface area contributed by atoms with Crippen LogP contribution in [-0.4, -0.2) is 102 Å². The SMILES string of the molecule is Nc1nc(/C(=N/OC2(C(=O)O)CCC2)C(=O)N[C@@H]2C(=O)N(S(=O)(=O)O)[C@@H]2CNC(=O)CCC(=O)NCc2cc(=O)c(O)cn2O)cs1. The molecule has 1 saturated carbocycles. The van der Waals surface area contributed by atoms with E-state index in [-0.39, 0.29) is 40.2 Å². The van der Waals surface area contributed by atoms with Crippen molar-refractivity contribution >= 4 is 62.1 Å². The molecule has 0 radical (unpaired) electrons. The van der Waals surface area contributed by atoms with Crippen LogP contribution in [0.15, 0.2) is 27.6 Å². The normalized spacial score (nSPS) is 18.8. The quantitative estimate of drug-likeness (QED) is 0.0326. The predicted molar refractivity (Wildman–Crippen MR) is 156 cm³/mol. The highest BCUT2D eigenvalue weighted by molar-refractivity contribution is 7.84. The number of carboxylic acids is 1. The number of aliphatic carboxylic acids is 1. The Balaban J connectivity index is 1.38. The first kappa shape index (κ1) is 34.6. The summed E-state index contributed by atoms with van der Waals surface area (Å²) in [6.45, 7) is -0.946. The number of amides is 4. The van der Waals surface area contributed by atoms with Gasteiger partial charge in [0.25, 0.3) is 11.8 Å². The van der Waals surface area contributed by atoms with Crippen molar-refractivity contribution in [2.45, 2.75) is 56.3 Å². The third-order valence-corrected chi connectivity index (χ3v) is 8.81. The van der Waals surface area contributed by atoms with Crippen LogP contribution in [0.25, 0.3) is 0 Å². The smallest absolute Gasteiger partial charge is 0.362 e. The van der Waals surface area contributed by atoms with Crippen LogP contribution < -0.4 is 27.1 Å². The molecule has 2 aliphatic rings. The number of pyridine rings is 1. The molecule has 47 heavy (non-hydrogen) atoms. The number of nitrogens with one attached hydrogen (secondary N) is 3. The fourth-order valence-corrected chi connectivity index (χ4v) is 5.87. The van der Waals surface area contributed by atoms with Crippen LogP contribution in [0, 0.1) is 0 Å². The van der Waals surface area contributed by atoms with Gasteiger partial charge in [-0.1, -0.05) is 5.16 Å².